The maximum atomic E-state index is 12.3. The summed E-state index contributed by atoms with van der Waals surface area (Å²) in [5.41, 5.74) is -3.03. The predicted octanol–water partition coefficient (Wildman–Crippen LogP) is 1.65. The summed E-state index contributed by atoms with van der Waals surface area (Å²) in [7, 11) is -4.64. The zero-order valence-electron chi connectivity index (χ0n) is 7.93. The second-order valence-corrected chi connectivity index (χ2v) is 4.61. The Morgan fingerprint density at radius 1 is 1.18 bits per heavy atom. The molecule has 5 nitrogen and oxygen atoms in total. The monoisotopic (exact) mass is 270 g/mol. The average Bonchev–Trinajstić information content (AvgIpc) is 2.57. The first-order valence-electron chi connectivity index (χ1n) is 4.19. The molecule has 0 aliphatic carbocycles. The van der Waals surface area contributed by atoms with E-state index in [1.807, 2.05) is 0 Å². The fourth-order valence-corrected chi connectivity index (χ4v) is 1.68. The van der Waals surface area contributed by atoms with E-state index in [1.165, 1.54) is 0 Å². The van der Waals surface area contributed by atoms with Crippen molar-refractivity contribution < 1.29 is 35.6 Å². The molecule has 17 heavy (non-hydrogen) atoms. The zero-order valence-corrected chi connectivity index (χ0v) is 8.75. The highest BCUT2D eigenvalue weighted by molar-refractivity contribution is 7.86. The second-order valence-electron chi connectivity index (χ2n) is 3.20. The van der Waals surface area contributed by atoms with Gasteiger partial charge in [-0.15, -0.1) is 0 Å². The topological polar surface area (TPSA) is 72.8 Å². The summed E-state index contributed by atoms with van der Waals surface area (Å²) in [4.78, 5) is 0. The number of fused-ring (bicyclic) bond motifs is 1. The minimum absolute atomic E-state index is 0.180. The van der Waals surface area contributed by atoms with Gasteiger partial charge in [-0.1, -0.05) is 0 Å². The lowest BCUT2D eigenvalue weighted by Gasteiger charge is -2.06. The largest absolute Gasteiger partial charge is 0.436 e. The SMILES string of the molecule is O=S(=O)(O)C1Oc2ccc(C(F)(F)F)cc2O1. The van der Waals surface area contributed by atoms with Crippen molar-refractivity contribution in [2.75, 3.05) is 0 Å². The molecule has 0 spiro atoms. The van der Waals surface area contributed by atoms with Crippen LogP contribution in [0.15, 0.2) is 18.2 Å². The molecule has 94 valence electrons. The van der Waals surface area contributed by atoms with E-state index in [-0.39, 0.29) is 11.5 Å². The fraction of sp³-hybridized carbons (Fsp3) is 0.250. The van der Waals surface area contributed by atoms with E-state index in [9.17, 15) is 21.6 Å². The molecule has 1 heterocycles. The molecule has 0 saturated carbocycles. The third-order valence-electron chi connectivity index (χ3n) is 1.96. The van der Waals surface area contributed by atoms with Crippen molar-refractivity contribution in [2.24, 2.45) is 0 Å². The summed E-state index contributed by atoms with van der Waals surface area (Å²) in [6.07, 6.45) is -4.57. The molecule has 1 aliphatic heterocycles. The Morgan fingerprint density at radius 3 is 2.29 bits per heavy atom. The molecule has 1 aromatic rings. The van der Waals surface area contributed by atoms with Crippen molar-refractivity contribution in [2.45, 2.75) is 11.8 Å². The number of ether oxygens (including phenoxy) is 2. The Balaban J connectivity index is 2.35. The minimum atomic E-state index is -4.64. The smallest absolute Gasteiger partial charge is 0.416 e. The summed E-state index contributed by atoms with van der Waals surface area (Å²) < 4.78 is 76.1. The van der Waals surface area contributed by atoms with Crippen LogP contribution in [0.4, 0.5) is 13.2 Å². The van der Waals surface area contributed by atoms with Crippen molar-refractivity contribution in [3.63, 3.8) is 0 Å². The number of alkyl halides is 3. The molecule has 1 unspecified atom stereocenters. The average molecular weight is 270 g/mol. The van der Waals surface area contributed by atoms with Crippen LogP contribution >= 0.6 is 0 Å². The summed E-state index contributed by atoms with van der Waals surface area (Å²) in [5.74, 6) is -0.567. The first kappa shape index (κ1) is 12.0. The van der Waals surface area contributed by atoms with E-state index in [4.69, 9.17) is 4.55 Å². The van der Waals surface area contributed by atoms with E-state index < -0.39 is 27.5 Å². The van der Waals surface area contributed by atoms with Gasteiger partial charge in [-0.05, 0) is 18.2 Å². The Bertz CT molecular complexity index is 551. The highest BCUT2D eigenvalue weighted by Crippen LogP contribution is 2.40. The van der Waals surface area contributed by atoms with Gasteiger partial charge in [-0.25, -0.2) is 0 Å². The van der Waals surface area contributed by atoms with E-state index in [0.29, 0.717) is 12.1 Å². The van der Waals surface area contributed by atoms with Crippen LogP contribution in [-0.4, -0.2) is 18.6 Å². The van der Waals surface area contributed by atoms with Crippen LogP contribution in [0.5, 0.6) is 11.5 Å². The van der Waals surface area contributed by atoms with Gasteiger partial charge < -0.3 is 9.47 Å². The fourth-order valence-electron chi connectivity index (χ4n) is 1.23. The lowest BCUT2D eigenvalue weighted by molar-refractivity contribution is -0.137. The van der Waals surface area contributed by atoms with Gasteiger partial charge in [0.2, 0.25) is 0 Å². The number of benzene rings is 1. The van der Waals surface area contributed by atoms with E-state index >= 15 is 0 Å². The zero-order chi connectivity index (χ0) is 12.8. The molecule has 1 aliphatic rings. The molecule has 0 radical (unpaired) electrons. The lowest BCUT2D eigenvalue weighted by atomic mass is 10.2. The summed E-state index contributed by atoms with van der Waals surface area (Å²) in [6.45, 7) is 0. The lowest BCUT2D eigenvalue weighted by Crippen LogP contribution is -2.28. The van der Waals surface area contributed by atoms with Crippen molar-refractivity contribution in [1.82, 2.24) is 0 Å². The van der Waals surface area contributed by atoms with Crippen LogP contribution in [0.3, 0.4) is 0 Å². The van der Waals surface area contributed by atoms with Gasteiger partial charge in [0.15, 0.2) is 11.5 Å². The quantitative estimate of drug-likeness (QED) is 0.785. The van der Waals surface area contributed by atoms with Gasteiger partial charge in [0.05, 0.1) is 5.56 Å². The maximum absolute atomic E-state index is 12.3. The molecule has 0 saturated heterocycles. The molecule has 0 aromatic heterocycles. The van der Waals surface area contributed by atoms with E-state index in [2.05, 4.69) is 9.47 Å². The first-order chi connectivity index (χ1) is 7.68. The van der Waals surface area contributed by atoms with Gasteiger partial charge in [-0.2, -0.15) is 21.6 Å². The van der Waals surface area contributed by atoms with Crippen molar-refractivity contribution in [3.8, 4) is 11.5 Å². The molecular weight excluding hydrogens is 265 g/mol. The van der Waals surface area contributed by atoms with Crippen LogP contribution in [0.2, 0.25) is 0 Å². The Morgan fingerprint density at radius 2 is 1.76 bits per heavy atom. The summed E-state index contributed by atoms with van der Waals surface area (Å²) in [5, 5.41) is 0. The molecule has 9 heteroatoms. The van der Waals surface area contributed by atoms with Crippen LogP contribution < -0.4 is 9.47 Å². The van der Waals surface area contributed by atoms with Crippen LogP contribution in [0, 0.1) is 0 Å². The molecule has 0 amide bonds. The summed E-state index contributed by atoms with van der Waals surface area (Å²) >= 11 is 0. The Kier molecular flexibility index (Phi) is 2.47. The number of hydrogen-bond acceptors (Lipinski definition) is 4. The van der Waals surface area contributed by atoms with Gasteiger partial charge in [0.1, 0.15) is 0 Å². The first-order valence-corrected chi connectivity index (χ1v) is 5.69. The Labute approximate surface area is 93.5 Å². The maximum Gasteiger partial charge on any atom is 0.416 e. The number of rotatable bonds is 1. The van der Waals surface area contributed by atoms with Gasteiger partial charge in [0.25, 0.3) is 0 Å². The number of hydrogen-bond donors (Lipinski definition) is 1. The highest BCUT2D eigenvalue weighted by Gasteiger charge is 2.37. The highest BCUT2D eigenvalue weighted by atomic mass is 32.2. The normalized spacial score (nSPS) is 19.4. The molecule has 0 fully saturated rings. The van der Waals surface area contributed by atoms with Crippen LogP contribution in [-0.2, 0) is 16.3 Å². The molecule has 2 rings (SSSR count). The molecule has 1 aromatic carbocycles. The molecule has 1 N–H and O–H groups in total. The summed E-state index contributed by atoms with van der Waals surface area (Å²) in [6, 6.07) is 2.23. The van der Waals surface area contributed by atoms with Crippen LogP contribution in [0.25, 0.3) is 0 Å². The van der Waals surface area contributed by atoms with E-state index in [0.717, 1.165) is 6.07 Å². The van der Waals surface area contributed by atoms with Gasteiger partial charge >= 0.3 is 21.9 Å². The van der Waals surface area contributed by atoms with Crippen molar-refractivity contribution >= 4 is 10.1 Å². The molecule has 1 atom stereocenters. The standard InChI is InChI=1S/C8H5F3O5S/c9-8(10,11)4-1-2-5-6(3-4)16-7(15-5)17(12,13)14/h1-3,7H,(H,12,13,14). The predicted molar refractivity (Wildman–Crippen MR) is 48.0 cm³/mol. The third-order valence-corrected chi connectivity index (χ3v) is 2.64. The Hall–Kier alpha value is -1.48. The number of halogens is 3. The van der Waals surface area contributed by atoms with Crippen LogP contribution in [0.1, 0.15) is 5.56 Å². The third kappa shape index (κ3) is 2.29. The van der Waals surface area contributed by atoms with E-state index in [1.54, 1.807) is 0 Å². The van der Waals surface area contributed by atoms with Crippen molar-refractivity contribution in [1.29, 1.82) is 0 Å². The molecule has 0 bridgehead atoms. The van der Waals surface area contributed by atoms with Crippen molar-refractivity contribution in [3.05, 3.63) is 23.8 Å². The second kappa shape index (κ2) is 3.50. The molecular formula is C8H5F3O5S. The minimum Gasteiger partial charge on any atom is -0.436 e. The van der Waals surface area contributed by atoms with Gasteiger partial charge in [-0.3, -0.25) is 4.55 Å². The van der Waals surface area contributed by atoms with Gasteiger partial charge in [0, 0.05) is 0 Å².